The van der Waals surface area contributed by atoms with E-state index in [0.717, 1.165) is 30.1 Å². The van der Waals surface area contributed by atoms with Gasteiger partial charge in [-0.3, -0.25) is 0 Å². The molecule has 1 atom stereocenters. The van der Waals surface area contributed by atoms with E-state index in [4.69, 9.17) is 9.72 Å². The molecule has 6 heteroatoms. The average molecular weight is 357 g/mol. The molecule has 0 bridgehead atoms. The Morgan fingerprint density at radius 3 is 2.50 bits per heavy atom. The summed E-state index contributed by atoms with van der Waals surface area (Å²) in [6.45, 7) is 6.33. The Morgan fingerprint density at radius 1 is 1.12 bits per heavy atom. The minimum atomic E-state index is -0.716. The Labute approximate surface area is 152 Å². The molecular formula is C20H24FN3O2. The van der Waals surface area contributed by atoms with Crippen LogP contribution in [0.15, 0.2) is 48.5 Å². The summed E-state index contributed by atoms with van der Waals surface area (Å²) in [4.78, 5) is 6.89. The second kappa shape index (κ2) is 8.19. The number of halogens is 1. The molecule has 0 saturated heterocycles. The lowest BCUT2D eigenvalue weighted by Crippen LogP contribution is -2.29. The molecule has 26 heavy (non-hydrogen) atoms. The summed E-state index contributed by atoms with van der Waals surface area (Å²) in [7, 11) is 0. The first-order valence-corrected chi connectivity index (χ1v) is 8.89. The minimum Gasteiger partial charge on any atom is -0.491 e. The van der Waals surface area contributed by atoms with Gasteiger partial charge in [-0.05, 0) is 50.2 Å². The number of nitrogens with zero attached hydrogens (tertiary/aromatic N) is 3. The predicted molar refractivity (Wildman–Crippen MR) is 101 cm³/mol. The van der Waals surface area contributed by atoms with Crippen molar-refractivity contribution in [1.82, 2.24) is 9.55 Å². The normalized spacial score (nSPS) is 12.3. The van der Waals surface area contributed by atoms with Crippen molar-refractivity contribution in [2.24, 2.45) is 0 Å². The summed E-state index contributed by atoms with van der Waals surface area (Å²) in [6.07, 6.45) is -0.716. The fraction of sp³-hybridized carbons (Fsp3) is 0.350. The average Bonchev–Trinajstić information content (AvgIpc) is 3.01. The lowest BCUT2D eigenvalue weighted by molar-refractivity contribution is 0.0936. The van der Waals surface area contributed by atoms with Crippen molar-refractivity contribution in [3.63, 3.8) is 0 Å². The molecule has 1 aromatic heterocycles. The zero-order valence-electron chi connectivity index (χ0n) is 15.1. The highest BCUT2D eigenvalue weighted by Gasteiger charge is 2.18. The number of fused-ring (bicyclic) bond motifs is 1. The summed E-state index contributed by atoms with van der Waals surface area (Å²) in [5, 5.41) is 10.5. The van der Waals surface area contributed by atoms with Gasteiger partial charge < -0.3 is 19.3 Å². The SMILES string of the molecule is CCN(CC)c1nc2ccccc2n1C[C@H](O)COc1ccc(F)cc1. The molecular weight excluding hydrogens is 333 g/mol. The third-order valence-electron chi connectivity index (χ3n) is 4.33. The molecule has 0 saturated carbocycles. The quantitative estimate of drug-likeness (QED) is 0.671. The number of imidazole rings is 1. The van der Waals surface area contributed by atoms with Gasteiger partial charge in [-0.2, -0.15) is 0 Å². The maximum atomic E-state index is 13.0. The number of rotatable bonds is 8. The van der Waals surface area contributed by atoms with Crippen LogP contribution >= 0.6 is 0 Å². The number of hydrogen-bond donors (Lipinski definition) is 1. The number of benzene rings is 2. The van der Waals surface area contributed by atoms with E-state index in [1.807, 2.05) is 28.8 Å². The molecule has 0 amide bonds. The van der Waals surface area contributed by atoms with E-state index in [2.05, 4.69) is 18.7 Å². The van der Waals surface area contributed by atoms with Crippen LogP contribution in [0.3, 0.4) is 0 Å². The van der Waals surface area contributed by atoms with Crippen LogP contribution in [0, 0.1) is 5.82 Å². The van der Waals surface area contributed by atoms with E-state index in [-0.39, 0.29) is 12.4 Å². The molecule has 0 aliphatic rings. The summed E-state index contributed by atoms with van der Waals surface area (Å²) in [5.41, 5.74) is 1.89. The van der Waals surface area contributed by atoms with Gasteiger partial charge in [0.05, 0.1) is 17.6 Å². The number of para-hydroxylation sites is 2. The van der Waals surface area contributed by atoms with E-state index in [1.165, 1.54) is 12.1 Å². The van der Waals surface area contributed by atoms with Gasteiger partial charge >= 0.3 is 0 Å². The van der Waals surface area contributed by atoms with Gasteiger partial charge in [0, 0.05) is 13.1 Å². The first-order valence-electron chi connectivity index (χ1n) is 8.89. The van der Waals surface area contributed by atoms with Crippen molar-refractivity contribution in [3.8, 4) is 5.75 Å². The molecule has 0 aliphatic heterocycles. The first kappa shape index (κ1) is 18.2. The molecule has 1 N–H and O–H groups in total. The van der Waals surface area contributed by atoms with E-state index < -0.39 is 6.10 Å². The van der Waals surface area contributed by atoms with E-state index in [0.29, 0.717) is 12.3 Å². The standard InChI is InChI=1S/C20H24FN3O2/c1-3-23(4-2)20-22-18-7-5-6-8-19(18)24(20)13-16(25)14-26-17-11-9-15(21)10-12-17/h5-12,16,25H,3-4,13-14H2,1-2H3/t16-/m0/s1. The lowest BCUT2D eigenvalue weighted by Gasteiger charge is -2.23. The van der Waals surface area contributed by atoms with Crippen LogP contribution < -0.4 is 9.64 Å². The maximum absolute atomic E-state index is 13.0. The Morgan fingerprint density at radius 2 is 1.81 bits per heavy atom. The summed E-state index contributed by atoms with van der Waals surface area (Å²) in [6, 6.07) is 13.7. The van der Waals surface area contributed by atoms with Gasteiger partial charge in [-0.15, -0.1) is 0 Å². The van der Waals surface area contributed by atoms with Crippen LogP contribution in [0.2, 0.25) is 0 Å². The highest BCUT2D eigenvalue weighted by atomic mass is 19.1. The maximum Gasteiger partial charge on any atom is 0.206 e. The number of aliphatic hydroxyl groups is 1. The highest BCUT2D eigenvalue weighted by Crippen LogP contribution is 2.23. The summed E-state index contributed by atoms with van der Waals surface area (Å²) >= 11 is 0. The summed E-state index contributed by atoms with van der Waals surface area (Å²) in [5.74, 6) is 1.06. The van der Waals surface area contributed by atoms with Gasteiger partial charge in [0.15, 0.2) is 0 Å². The van der Waals surface area contributed by atoms with Crippen LogP contribution in [0.5, 0.6) is 5.75 Å². The van der Waals surface area contributed by atoms with Crippen LogP contribution in [0.1, 0.15) is 13.8 Å². The molecule has 2 aromatic carbocycles. The lowest BCUT2D eigenvalue weighted by atomic mass is 10.3. The Bertz CT molecular complexity index is 844. The Balaban J connectivity index is 1.78. The van der Waals surface area contributed by atoms with Crippen molar-refractivity contribution in [2.45, 2.75) is 26.5 Å². The molecule has 0 aliphatic carbocycles. The van der Waals surface area contributed by atoms with E-state index >= 15 is 0 Å². The molecule has 0 fully saturated rings. The van der Waals surface area contributed by atoms with Crippen molar-refractivity contribution < 1.29 is 14.2 Å². The van der Waals surface area contributed by atoms with Gasteiger partial charge in [-0.1, -0.05) is 12.1 Å². The van der Waals surface area contributed by atoms with Gasteiger partial charge in [0.2, 0.25) is 5.95 Å². The van der Waals surface area contributed by atoms with Crippen molar-refractivity contribution >= 4 is 17.0 Å². The van der Waals surface area contributed by atoms with E-state index in [1.54, 1.807) is 12.1 Å². The second-order valence-corrected chi connectivity index (χ2v) is 6.10. The molecule has 5 nitrogen and oxygen atoms in total. The monoisotopic (exact) mass is 357 g/mol. The number of hydrogen-bond acceptors (Lipinski definition) is 4. The predicted octanol–water partition coefficient (Wildman–Crippen LogP) is 3.46. The fourth-order valence-corrected chi connectivity index (χ4v) is 2.98. The number of aliphatic hydroxyl groups excluding tert-OH is 1. The third kappa shape index (κ3) is 3.96. The number of anilines is 1. The van der Waals surface area contributed by atoms with Gasteiger partial charge in [0.25, 0.3) is 0 Å². The van der Waals surface area contributed by atoms with Gasteiger partial charge in [0.1, 0.15) is 24.3 Å². The van der Waals surface area contributed by atoms with Gasteiger partial charge in [-0.25, -0.2) is 9.37 Å². The van der Waals surface area contributed by atoms with Crippen LogP contribution in [0.4, 0.5) is 10.3 Å². The van der Waals surface area contributed by atoms with Crippen molar-refractivity contribution in [3.05, 3.63) is 54.3 Å². The molecule has 0 radical (unpaired) electrons. The summed E-state index contributed by atoms with van der Waals surface area (Å²) < 4.78 is 20.6. The fourth-order valence-electron chi connectivity index (χ4n) is 2.98. The Kier molecular flexibility index (Phi) is 5.73. The topological polar surface area (TPSA) is 50.5 Å². The van der Waals surface area contributed by atoms with Crippen LogP contribution in [-0.2, 0) is 6.54 Å². The molecule has 0 unspecified atom stereocenters. The van der Waals surface area contributed by atoms with Crippen molar-refractivity contribution in [1.29, 1.82) is 0 Å². The largest absolute Gasteiger partial charge is 0.491 e. The smallest absolute Gasteiger partial charge is 0.206 e. The highest BCUT2D eigenvalue weighted by molar-refractivity contribution is 5.78. The molecule has 3 rings (SSSR count). The molecule has 1 heterocycles. The number of aromatic nitrogens is 2. The molecule has 3 aromatic rings. The van der Waals surface area contributed by atoms with Crippen LogP contribution in [-0.4, -0.2) is 40.5 Å². The minimum absolute atomic E-state index is 0.121. The third-order valence-corrected chi connectivity index (χ3v) is 4.33. The van der Waals surface area contributed by atoms with Crippen molar-refractivity contribution in [2.75, 3.05) is 24.6 Å². The molecule has 0 spiro atoms. The first-order chi connectivity index (χ1) is 12.6. The van der Waals surface area contributed by atoms with E-state index in [9.17, 15) is 9.50 Å². The zero-order valence-corrected chi connectivity index (χ0v) is 15.1. The zero-order chi connectivity index (χ0) is 18.5. The molecule has 138 valence electrons. The van der Waals surface area contributed by atoms with Crippen LogP contribution in [0.25, 0.3) is 11.0 Å². The number of ether oxygens (including phenoxy) is 1. The second-order valence-electron chi connectivity index (χ2n) is 6.10. The Hall–Kier alpha value is -2.60.